The van der Waals surface area contributed by atoms with Gasteiger partial charge in [-0.05, 0) is 18.6 Å². The van der Waals surface area contributed by atoms with Gasteiger partial charge in [-0.15, -0.1) is 0 Å². The maximum Gasteiger partial charge on any atom is 0.281 e. The van der Waals surface area contributed by atoms with Crippen LogP contribution in [0.2, 0.25) is 0 Å². The SMILES string of the molecule is Cc1nc([C@@H]2CN(S(=O)(=O)N(C)C)C[C@H]2c2ccccc2F)cc(=O)[nH]1. The zero-order chi connectivity index (χ0) is 19.1. The lowest BCUT2D eigenvalue weighted by Gasteiger charge is -2.20. The average molecular weight is 380 g/mol. The van der Waals surface area contributed by atoms with Crippen LogP contribution in [0.15, 0.2) is 35.1 Å². The molecule has 1 aliphatic rings. The first-order valence-corrected chi connectivity index (χ1v) is 9.59. The molecule has 0 bridgehead atoms. The normalized spacial score (nSPS) is 21.4. The van der Waals surface area contributed by atoms with Crippen molar-refractivity contribution in [3.05, 3.63) is 63.6 Å². The molecule has 0 radical (unpaired) electrons. The number of benzene rings is 1. The number of hydrogen-bond acceptors (Lipinski definition) is 4. The summed E-state index contributed by atoms with van der Waals surface area (Å²) < 4.78 is 42.0. The highest BCUT2D eigenvalue weighted by Gasteiger charge is 2.42. The van der Waals surface area contributed by atoms with Crippen molar-refractivity contribution in [1.82, 2.24) is 18.6 Å². The van der Waals surface area contributed by atoms with Gasteiger partial charge in [0.05, 0.1) is 5.69 Å². The molecular weight excluding hydrogens is 359 g/mol. The molecule has 7 nitrogen and oxygen atoms in total. The molecule has 0 aliphatic carbocycles. The van der Waals surface area contributed by atoms with E-state index >= 15 is 0 Å². The molecule has 140 valence electrons. The molecule has 9 heteroatoms. The number of aromatic amines is 1. The largest absolute Gasteiger partial charge is 0.311 e. The van der Waals surface area contributed by atoms with Crippen LogP contribution >= 0.6 is 0 Å². The van der Waals surface area contributed by atoms with Crippen LogP contribution in [-0.2, 0) is 10.2 Å². The number of rotatable bonds is 4. The lowest BCUT2D eigenvalue weighted by molar-refractivity contribution is 0.416. The fourth-order valence-electron chi connectivity index (χ4n) is 3.37. The number of H-pyrrole nitrogens is 1. The quantitative estimate of drug-likeness (QED) is 0.864. The molecular formula is C17H21FN4O3S. The van der Waals surface area contributed by atoms with Gasteiger partial charge in [0.25, 0.3) is 15.8 Å². The van der Waals surface area contributed by atoms with E-state index in [9.17, 15) is 17.6 Å². The van der Waals surface area contributed by atoms with Crippen LogP contribution in [0.4, 0.5) is 4.39 Å². The lowest BCUT2D eigenvalue weighted by Crippen LogP contribution is -2.38. The minimum Gasteiger partial charge on any atom is -0.311 e. The number of nitrogens with one attached hydrogen (secondary N) is 1. The molecule has 1 fully saturated rings. The summed E-state index contributed by atoms with van der Waals surface area (Å²) in [6.45, 7) is 1.92. The minimum atomic E-state index is -3.66. The lowest BCUT2D eigenvalue weighted by atomic mass is 9.86. The standard InChI is InChI=1S/C17H21FN4O3S/c1-11-19-16(8-17(23)20-11)14-10-22(26(24,25)21(2)3)9-13(14)12-6-4-5-7-15(12)18/h4-8,13-14H,9-10H2,1-3H3,(H,19,20,23)/t13-,14+/m0/s1. The molecule has 0 spiro atoms. The molecule has 1 aromatic heterocycles. The van der Waals surface area contributed by atoms with Crippen molar-refractivity contribution in [2.75, 3.05) is 27.2 Å². The van der Waals surface area contributed by atoms with E-state index < -0.39 is 27.9 Å². The Balaban J connectivity index is 2.09. The molecule has 1 aromatic carbocycles. The van der Waals surface area contributed by atoms with Crippen LogP contribution in [-0.4, -0.2) is 54.2 Å². The Kier molecular flexibility index (Phi) is 4.96. The summed E-state index contributed by atoms with van der Waals surface area (Å²) in [6.07, 6.45) is 0. The smallest absolute Gasteiger partial charge is 0.281 e. The van der Waals surface area contributed by atoms with Gasteiger partial charge in [-0.3, -0.25) is 4.79 Å². The van der Waals surface area contributed by atoms with Gasteiger partial charge in [-0.1, -0.05) is 18.2 Å². The van der Waals surface area contributed by atoms with E-state index in [1.54, 1.807) is 25.1 Å². The van der Waals surface area contributed by atoms with E-state index in [0.717, 1.165) is 4.31 Å². The van der Waals surface area contributed by atoms with Gasteiger partial charge in [0, 0.05) is 45.1 Å². The summed E-state index contributed by atoms with van der Waals surface area (Å²) in [6, 6.07) is 7.67. The van der Waals surface area contributed by atoms with Crippen LogP contribution in [0, 0.1) is 12.7 Å². The highest BCUT2D eigenvalue weighted by Crippen LogP contribution is 2.40. The second kappa shape index (κ2) is 6.90. The van der Waals surface area contributed by atoms with Crippen molar-refractivity contribution in [3.63, 3.8) is 0 Å². The molecule has 1 saturated heterocycles. The van der Waals surface area contributed by atoms with Crippen LogP contribution in [0.5, 0.6) is 0 Å². The third-order valence-electron chi connectivity index (χ3n) is 4.64. The Morgan fingerprint density at radius 1 is 1.23 bits per heavy atom. The summed E-state index contributed by atoms with van der Waals surface area (Å²) in [5.41, 5.74) is 0.582. The highest BCUT2D eigenvalue weighted by atomic mass is 32.2. The van der Waals surface area contributed by atoms with Crippen molar-refractivity contribution in [2.45, 2.75) is 18.8 Å². The van der Waals surface area contributed by atoms with E-state index in [2.05, 4.69) is 9.97 Å². The van der Waals surface area contributed by atoms with Crippen LogP contribution in [0.1, 0.15) is 28.9 Å². The number of aryl methyl sites for hydroxylation is 1. The van der Waals surface area contributed by atoms with E-state index in [4.69, 9.17) is 0 Å². The number of halogens is 1. The molecule has 0 unspecified atom stereocenters. The van der Waals surface area contributed by atoms with Gasteiger partial charge in [0.15, 0.2) is 0 Å². The monoisotopic (exact) mass is 380 g/mol. The Bertz CT molecular complexity index is 974. The predicted octanol–water partition coefficient (Wildman–Crippen LogP) is 1.21. The highest BCUT2D eigenvalue weighted by molar-refractivity contribution is 7.86. The van der Waals surface area contributed by atoms with Crippen LogP contribution in [0.3, 0.4) is 0 Å². The van der Waals surface area contributed by atoms with E-state index in [-0.39, 0.29) is 18.6 Å². The van der Waals surface area contributed by atoms with Crippen LogP contribution < -0.4 is 5.56 Å². The number of hydrogen-bond donors (Lipinski definition) is 1. The summed E-state index contributed by atoms with van der Waals surface area (Å²) in [5, 5.41) is 0. The summed E-state index contributed by atoms with van der Waals surface area (Å²) >= 11 is 0. The fraction of sp³-hybridized carbons (Fsp3) is 0.412. The third-order valence-corrected chi connectivity index (χ3v) is 6.51. The number of nitrogens with zero attached hydrogens (tertiary/aromatic N) is 3. The molecule has 2 atom stereocenters. The Morgan fingerprint density at radius 2 is 1.88 bits per heavy atom. The third kappa shape index (κ3) is 3.42. The zero-order valence-electron chi connectivity index (χ0n) is 14.8. The average Bonchev–Trinajstić information content (AvgIpc) is 3.00. The minimum absolute atomic E-state index is 0.125. The second-order valence-electron chi connectivity index (χ2n) is 6.60. The Labute approximate surface area is 151 Å². The van der Waals surface area contributed by atoms with Crippen molar-refractivity contribution < 1.29 is 12.8 Å². The van der Waals surface area contributed by atoms with Crippen molar-refractivity contribution in [2.24, 2.45) is 0 Å². The molecule has 26 heavy (non-hydrogen) atoms. The first-order valence-electron chi connectivity index (χ1n) is 8.20. The second-order valence-corrected chi connectivity index (χ2v) is 8.74. The first-order chi connectivity index (χ1) is 12.2. The molecule has 1 aliphatic heterocycles. The molecule has 3 rings (SSSR count). The zero-order valence-corrected chi connectivity index (χ0v) is 15.6. The van der Waals surface area contributed by atoms with Gasteiger partial charge in [0.1, 0.15) is 11.6 Å². The van der Waals surface area contributed by atoms with Gasteiger partial charge in [-0.2, -0.15) is 17.0 Å². The maximum atomic E-state index is 14.4. The summed E-state index contributed by atoms with van der Waals surface area (Å²) in [7, 11) is -0.752. The van der Waals surface area contributed by atoms with Crippen molar-refractivity contribution in [1.29, 1.82) is 0 Å². The summed E-state index contributed by atoms with van der Waals surface area (Å²) in [4.78, 5) is 18.8. The van der Waals surface area contributed by atoms with Gasteiger partial charge >= 0.3 is 0 Å². The van der Waals surface area contributed by atoms with Gasteiger partial charge in [-0.25, -0.2) is 9.37 Å². The molecule has 0 saturated carbocycles. The number of aromatic nitrogens is 2. The van der Waals surface area contributed by atoms with Crippen molar-refractivity contribution >= 4 is 10.2 Å². The van der Waals surface area contributed by atoms with E-state index in [1.807, 2.05) is 0 Å². The molecule has 2 aromatic rings. The predicted molar refractivity (Wildman–Crippen MR) is 95.7 cm³/mol. The van der Waals surface area contributed by atoms with Crippen LogP contribution in [0.25, 0.3) is 0 Å². The maximum absolute atomic E-state index is 14.4. The molecule has 2 heterocycles. The summed E-state index contributed by atoms with van der Waals surface area (Å²) in [5.74, 6) is -0.802. The first kappa shape index (κ1) is 18.7. The Morgan fingerprint density at radius 3 is 2.50 bits per heavy atom. The fourth-order valence-corrected chi connectivity index (χ4v) is 4.53. The van der Waals surface area contributed by atoms with E-state index in [0.29, 0.717) is 17.1 Å². The molecule has 1 N–H and O–H groups in total. The van der Waals surface area contributed by atoms with Gasteiger partial charge in [0.2, 0.25) is 0 Å². The topological polar surface area (TPSA) is 86.4 Å². The molecule has 0 amide bonds. The van der Waals surface area contributed by atoms with Gasteiger partial charge < -0.3 is 4.98 Å². The van der Waals surface area contributed by atoms with Crippen molar-refractivity contribution in [3.8, 4) is 0 Å². The van der Waals surface area contributed by atoms with E-state index in [1.165, 1.54) is 30.5 Å². The Hall–Kier alpha value is -2.10.